The van der Waals surface area contributed by atoms with Gasteiger partial charge in [0.2, 0.25) is 0 Å². The molecule has 0 unspecified atom stereocenters. The number of nitrogens with two attached hydrogens (primary N) is 1. The topological polar surface area (TPSA) is 66.0 Å². The highest BCUT2D eigenvalue weighted by Gasteiger charge is 2.10. The van der Waals surface area contributed by atoms with Gasteiger partial charge >= 0.3 is 0 Å². The second-order valence-electron chi connectivity index (χ2n) is 3.33. The fourth-order valence-electron chi connectivity index (χ4n) is 1.61. The van der Waals surface area contributed by atoms with Crippen LogP contribution in [0.3, 0.4) is 0 Å². The fourth-order valence-corrected chi connectivity index (χ4v) is 1.61. The number of aromatic nitrogens is 3. The Morgan fingerprint density at radius 1 is 1.38 bits per heavy atom. The number of methoxy groups -OCH3 is 1. The van der Waals surface area contributed by atoms with E-state index >= 15 is 0 Å². The van der Waals surface area contributed by atoms with E-state index in [2.05, 4.69) is 10.3 Å². The van der Waals surface area contributed by atoms with Crippen molar-refractivity contribution in [2.24, 2.45) is 5.73 Å². The average molecular weight is 218 g/mol. The van der Waals surface area contributed by atoms with Gasteiger partial charge in [-0.1, -0.05) is 17.3 Å². The molecule has 0 aliphatic carbocycles. The van der Waals surface area contributed by atoms with Crippen LogP contribution in [0.15, 0.2) is 30.5 Å². The van der Waals surface area contributed by atoms with E-state index in [4.69, 9.17) is 10.5 Å². The van der Waals surface area contributed by atoms with E-state index < -0.39 is 0 Å². The Hall–Kier alpha value is -1.88. The minimum atomic E-state index is 0.533. The maximum Gasteiger partial charge on any atom is 0.128 e. The molecule has 5 nitrogen and oxygen atoms in total. The molecule has 1 aromatic carbocycles. The molecular formula is C11H14N4O. The largest absolute Gasteiger partial charge is 0.496 e. The fraction of sp³-hybridized carbons (Fsp3) is 0.273. The van der Waals surface area contributed by atoms with Crippen LogP contribution < -0.4 is 10.5 Å². The Morgan fingerprint density at radius 2 is 2.19 bits per heavy atom. The summed E-state index contributed by atoms with van der Waals surface area (Å²) in [5.74, 6) is 0.808. The van der Waals surface area contributed by atoms with Crippen molar-refractivity contribution in [3.05, 3.63) is 30.5 Å². The van der Waals surface area contributed by atoms with E-state index in [1.807, 2.05) is 24.3 Å². The van der Waals surface area contributed by atoms with E-state index in [1.165, 1.54) is 0 Å². The van der Waals surface area contributed by atoms with Crippen LogP contribution >= 0.6 is 0 Å². The molecule has 2 aromatic rings. The van der Waals surface area contributed by atoms with Crippen LogP contribution in [0.2, 0.25) is 0 Å². The molecule has 0 saturated carbocycles. The van der Waals surface area contributed by atoms with Crippen LogP contribution in [-0.2, 0) is 6.54 Å². The highest BCUT2D eigenvalue weighted by molar-refractivity contribution is 5.66. The van der Waals surface area contributed by atoms with E-state index in [1.54, 1.807) is 18.0 Å². The number of hydrogen-bond acceptors (Lipinski definition) is 4. The Balaban J connectivity index is 2.45. The molecule has 0 spiro atoms. The number of ether oxygens (including phenoxy) is 1. The van der Waals surface area contributed by atoms with E-state index in [0.717, 1.165) is 17.0 Å². The average Bonchev–Trinajstić information content (AvgIpc) is 2.77. The predicted molar refractivity (Wildman–Crippen MR) is 61.1 cm³/mol. The van der Waals surface area contributed by atoms with Gasteiger partial charge in [-0.15, -0.1) is 5.10 Å². The molecule has 0 fully saturated rings. The second-order valence-corrected chi connectivity index (χ2v) is 3.33. The lowest BCUT2D eigenvalue weighted by Gasteiger charge is -2.08. The van der Waals surface area contributed by atoms with Crippen molar-refractivity contribution < 1.29 is 4.74 Å². The summed E-state index contributed by atoms with van der Waals surface area (Å²) in [5, 5.41) is 7.88. The van der Waals surface area contributed by atoms with Crippen molar-refractivity contribution in [1.29, 1.82) is 0 Å². The van der Waals surface area contributed by atoms with Gasteiger partial charge in [0.05, 0.1) is 25.5 Å². The lowest BCUT2D eigenvalue weighted by Crippen LogP contribution is -2.12. The zero-order chi connectivity index (χ0) is 11.4. The van der Waals surface area contributed by atoms with Crippen molar-refractivity contribution in [3.8, 4) is 17.0 Å². The third-order valence-corrected chi connectivity index (χ3v) is 2.34. The Morgan fingerprint density at radius 3 is 2.94 bits per heavy atom. The number of nitrogens with zero attached hydrogens (tertiary/aromatic N) is 3. The second kappa shape index (κ2) is 4.76. The van der Waals surface area contributed by atoms with Crippen LogP contribution in [0.1, 0.15) is 0 Å². The van der Waals surface area contributed by atoms with Crippen molar-refractivity contribution in [2.45, 2.75) is 6.54 Å². The predicted octanol–water partition coefficient (Wildman–Crippen LogP) is 0.912. The first kappa shape index (κ1) is 10.6. The monoisotopic (exact) mass is 218 g/mol. The minimum Gasteiger partial charge on any atom is -0.496 e. The molecule has 0 aliphatic rings. The maximum atomic E-state index is 5.52. The smallest absolute Gasteiger partial charge is 0.128 e. The van der Waals surface area contributed by atoms with E-state index in [-0.39, 0.29) is 0 Å². The summed E-state index contributed by atoms with van der Waals surface area (Å²) < 4.78 is 7.08. The zero-order valence-electron chi connectivity index (χ0n) is 9.13. The summed E-state index contributed by atoms with van der Waals surface area (Å²) in [6.07, 6.45) is 1.72. The number of benzene rings is 1. The summed E-state index contributed by atoms with van der Waals surface area (Å²) in [6.45, 7) is 1.18. The normalized spacial score (nSPS) is 10.4. The zero-order valence-corrected chi connectivity index (χ0v) is 9.13. The Labute approximate surface area is 93.8 Å². The summed E-state index contributed by atoms with van der Waals surface area (Å²) in [6, 6.07) is 7.77. The lowest BCUT2D eigenvalue weighted by atomic mass is 10.1. The summed E-state index contributed by atoms with van der Waals surface area (Å²) >= 11 is 0. The molecule has 0 radical (unpaired) electrons. The first-order chi connectivity index (χ1) is 7.86. The SMILES string of the molecule is COc1ccccc1-c1cnnn1CCN. The molecule has 1 heterocycles. The van der Waals surface area contributed by atoms with Gasteiger partial charge in [-0.05, 0) is 12.1 Å². The molecule has 2 N–H and O–H groups in total. The van der Waals surface area contributed by atoms with Gasteiger partial charge in [-0.2, -0.15) is 0 Å². The third kappa shape index (κ3) is 1.90. The maximum absolute atomic E-state index is 5.52. The van der Waals surface area contributed by atoms with Gasteiger partial charge in [0, 0.05) is 12.1 Å². The van der Waals surface area contributed by atoms with Crippen molar-refractivity contribution in [2.75, 3.05) is 13.7 Å². The summed E-state index contributed by atoms with van der Waals surface area (Å²) in [7, 11) is 1.65. The van der Waals surface area contributed by atoms with Crippen LogP contribution in [-0.4, -0.2) is 28.6 Å². The molecule has 0 aliphatic heterocycles. The van der Waals surface area contributed by atoms with Gasteiger partial charge < -0.3 is 10.5 Å². The van der Waals surface area contributed by atoms with Crippen LogP contribution in [0.25, 0.3) is 11.3 Å². The molecule has 0 amide bonds. The van der Waals surface area contributed by atoms with Gasteiger partial charge in [0.15, 0.2) is 0 Å². The highest BCUT2D eigenvalue weighted by atomic mass is 16.5. The van der Waals surface area contributed by atoms with Crippen LogP contribution in [0.4, 0.5) is 0 Å². The lowest BCUT2D eigenvalue weighted by molar-refractivity contribution is 0.416. The standard InChI is InChI=1S/C11H14N4O/c1-16-11-5-3-2-4-9(11)10-8-13-14-15(10)7-6-12/h2-5,8H,6-7,12H2,1H3. The first-order valence-corrected chi connectivity index (χ1v) is 5.08. The first-order valence-electron chi connectivity index (χ1n) is 5.08. The molecule has 1 aromatic heterocycles. The Kier molecular flexibility index (Phi) is 3.16. The molecule has 5 heteroatoms. The van der Waals surface area contributed by atoms with Gasteiger partial charge in [-0.3, -0.25) is 0 Å². The van der Waals surface area contributed by atoms with Crippen molar-refractivity contribution in [3.63, 3.8) is 0 Å². The molecule has 0 bridgehead atoms. The van der Waals surface area contributed by atoms with Crippen molar-refractivity contribution >= 4 is 0 Å². The van der Waals surface area contributed by atoms with Gasteiger partial charge in [0.25, 0.3) is 0 Å². The van der Waals surface area contributed by atoms with E-state index in [9.17, 15) is 0 Å². The van der Waals surface area contributed by atoms with Crippen LogP contribution in [0.5, 0.6) is 5.75 Å². The summed E-state index contributed by atoms with van der Waals surface area (Å²) in [4.78, 5) is 0. The number of rotatable bonds is 4. The molecule has 16 heavy (non-hydrogen) atoms. The van der Waals surface area contributed by atoms with Gasteiger partial charge in [0.1, 0.15) is 5.75 Å². The van der Waals surface area contributed by atoms with Crippen LogP contribution in [0, 0.1) is 0 Å². The molecule has 0 saturated heterocycles. The van der Waals surface area contributed by atoms with Crippen molar-refractivity contribution in [1.82, 2.24) is 15.0 Å². The van der Waals surface area contributed by atoms with E-state index in [0.29, 0.717) is 13.1 Å². The Bertz CT molecular complexity index is 467. The quantitative estimate of drug-likeness (QED) is 0.828. The molecule has 2 rings (SSSR count). The highest BCUT2D eigenvalue weighted by Crippen LogP contribution is 2.28. The molecular weight excluding hydrogens is 204 g/mol. The molecule has 84 valence electrons. The van der Waals surface area contributed by atoms with Gasteiger partial charge in [-0.25, -0.2) is 4.68 Å². The summed E-state index contributed by atoms with van der Waals surface area (Å²) in [5.41, 5.74) is 7.41. The minimum absolute atomic E-state index is 0.533. The molecule has 0 atom stereocenters. The third-order valence-electron chi connectivity index (χ3n) is 2.34. The number of hydrogen-bond donors (Lipinski definition) is 1. The number of para-hydroxylation sites is 1.